The number of unbranched alkanes of at least 4 members (excludes halogenated alkanes) is 14. The van der Waals surface area contributed by atoms with Gasteiger partial charge in [0.25, 0.3) is 0 Å². The van der Waals surface area contributed by atoms with Crippen molar-refractivity contribution in [3.05, 3.63) is 12.2 Å². The van der Waals surface area contributed by atoms with Gasteiger partial charge in [0.1, 0.15) is 0 Å². The quantitative estimate of drug-likeness (QED) is 0.104. The standard InChI is InChI=1S/C19H37NO7S/c1-2-3-4-5-6-7-8-9-10-11-12-13-14-15-16-17-18-19-20-24-28(22,23)27-26-25-21/h17-19,21H,2-16H2,1H3/b18-17+,20-19-. The van der Waals surface area contributed by atoms with Crippen LogP contribution in [0, 0.1) is 0 Å². The van der Waals surface area contributed by atoms with E-state index in [2.05, 4.69) is 30.8 Å². The third-order valence-electron chi connectivity index (χ3n) is 4.28. The van der Waals surface area contributed by atoms with Crippen LogP contribution in [-0.2, 0) is 29.1 Å². The van der Waals surface area contributed by atoms with Gasteiger partial charge in [0.2, 0.25) is 0 Å². The van der Waals surface area contributed by atoms with Gasteiger partial charge in [-0.15, -0.1) is 0 Å². The van der Waals surface area contributed by atoms with Crippen LogP contribution in [0.25, 0.3) is 0 Å². The molecule has 0 spiro atoms. The zero-order chi connectivity index (χ0) is 20.8. The summed E-state index contributed by atoms with van der Waals surface area (Å²) in [5, 5.41) is 17.2. The monoisotopic (exact) mass is 423 g/mol. The molecular formula is C19H37NO7S. The van der Waals surface area contributed by atoms with Crippen molar-refractivity contribution in [2.75, 3.05) is 0 Å². The second-order valence-corrected chi connectivity index (χ2v) is 7.86. The normalized spacial score (nSPS) is 12.4. The summed E-state index contributed by atoms with van der Waals surface area (Å²) >= 11 is 0. The minimum atomic E-state index is -4.51. The van der Waals surface area contributed by atoms with Crippen molar-refractivity contribution in [2.45, 2.75) is 103 Å². The Labute approximate surface area is 170 Å². The largest absolute Gasteiger partial charge is 0.499 e. The van der Waals surface area contributed by atoms with E-state index in [0.29, 0.717) is 0 Å². The fraction of sp³-hybridized carbons (Fsp3) is 0.842. The van der Waals surface area contributed by atoms with Crippen LogP contribution in [0.15, 0.2) is 17.3 Å². The Morgan fingerprint density at radius 1 is 0.821 bits per heavy atom. The number of oxime groups is 1. The summed E-state index contributed by atoms with van der Waals surface area (Å²) in [6, 6.07) is 0. The molecule has 0 saturated carbocycles. The van der Waals surface area contributed by atoms with Crippen LogP contribution in [0.1, 0.15) is 103 Å². The second kappa shape index (κ2) is 20.7. The first-order valence-electron chi connectivity index (χ1n) is 10.4. The zero-order valence-electron chi connectivity index (χ0n) is 17.1. The number of rotatable bonds is 21. The molecule has 0 fully saturated rings. The molecule has 0 aromatic carbocycles. The molecule has 0 atom stereocenters. The van der Waals surface area contributed by atoms with Gasteiger partial charge in [-0.1, -0.05) is 102 Å². The first-order chi connectivity index (χ1) is 13.6. The van der Waals surface area contributed by atoms with Gasteiger partial charge in [-0.05, 0) is 33.3 Å². The lowest BCUT2D eigenvalue weighted by Crippen LogP contribution is -2.07. The maximum absolute atomic E-state index is 10.9. The molecular weight excluding hydrogens is 386 g/mol. The third-order valence-corrected chi connectivity index (χ3v) is 4.77. The highest BCUT2D eigenvalue weighted by Crippen LogP contribution is 2.13. The minimum Gasteiger partial charge on any atom is -0.245 e. The van der Waals surface area contributed by atoms with Crippen molar-refractivity contribution in [3.63, 3.8) is 0 Å². The fourth-order valence-electron chi connectivity index (χ4n) is 2.79. The highest BCUT2D eigenvalue weighted by Gasteiger charge is 2.14. The molecule has 0 bridgehead atoms. The maximum atomic E-state index is 10.9. The van der Waals surface area contributed by atoms with Crippen LogP contribution in [0.2, 0.25) is 0 Å². The van der Waals surface area contributed by atoms with E-state index in [1.165, 1.54) is 89.7 Å². The van der Waals surface area contributed by atoms with Crippen LogP contribution in [-0.4, -0.2) is 19.9 Å². The lowest BCUT2D eigenvalue weighted by atomic mass is 10.0. The van der Waals surface area contributed by atoms with Gasteiger partial charge in [-0.25, -0.2) is 9.54 Å². The molecule has 0 amide bonds. The van der Waals surface area contributed by atoms with Crippen molar-refractivity contribution in [1.82, 2.24) is 0 Å². The summed E-state index contributed by atoms with van der Waals surface area (Å²) in [6.07, 6.45) is 24.1. The number of nitrogens with zero attached hydrogens (tertiary/aromatic N) is 1. The molecule has 8 nitrogen and oxygen atoms in total. The summed E-state index contributed by atoms with van der Waals surface area (Å²) in [6.45, 7) is 2.26. The highest BCUT2D eigenvalue weighted by molar-refractivity contribution is 7.81. The van der Waals surface area contributed by atoms with Crippen LogP contribution < -0.4 is 0 Å². The number of hydrogen-bond acceptors (Lipinski definition) is 8. The molecule has 0 heterocycles. The van der Waals surface area contributed by atoms with E-state index < -0.39 is 10.4 Å². The Hall–Kier alpha value is -1.00. The average molecular weight is 424 g/mol. The summed E-state index contributed by atoms with van der Waals surface area (Å²) in [4.78, 5) is 0. The van der Waals surface area contributed by atoms with Crippen LogP contribution >= 0.6 is 0 Å². The van der Waals surface area contributed by atoms with Crippen molar-refractivity contribution < 1.29 is 32.4 Å². The molecule has 0 unspecified atom stereocenters. The lowest BCUT2D eigenvalue weighted by Gasteiger charge is -2.02. The van der Waals surface area contributed by atoms with E-state index in [-0.39, 0.29) is 0 Å². The van der Waals surface area contributed by atoms with E-state index in [4.69, 9.17) is 5.26 Å². The smallest absolute Gasteiger partial charge is 0.245 e. The van der Waals surface area contributed by atoms with Gasteiger partial charge in [0, 0.05) is 0 Å². The Balaban J connectivity index is 3.32. The number of allylic oxidation sites excluding steroid dienone is 2. The summed E-state index contributed by atoms with van der Waals surface area (Å²) in [7, 11) is -4.51. The Morgan fingerprint density at radius 3 is 1.82 bits per heavy atom. The first kappa shape index (κ1) is 27.0. The molecule has 0 aliphatic rings. The fourth-order valence-corrected chi connectivity index (χ4v) is 3.06. The molecule has 0 aromatic heterocycles. The first-order valence-corrected chi connectivity index (χ1v) is 11.7. The second-order valence-electron chi connectivity index (χ2n) is 6.76. The Bertz CT molecular complexity index is 481. The maximum Gasteiger partial charge on any atom is 0.499 e. The van der Waals surface area contributed by atoms with E-state index >= 15 is 0 Å². The van der Waals surface area contributed by atoms with Gasteiger partial charge in [-0.2, -0.15) is 8.42 Å². The van der Waals surface area contributed by atoms with E-state index in [1.807, 2.05) is 6.08 Å². The van der Waals surface area contributed by atoms with Crippen molar-refractivity contribution >= 4 is 16.6 Å². The van der Waals surface area contributed by atoms with Gasteiger partial charge in [0.15, 0.2) is 0 Å². The molecule has 9 heteroatoms. The number of hydrogen-bond donors (Lipinski definition) is 1. The summed E-state index contributed by atoms with van der Waals surface area (Å²) in [5.41, 5.74) is 0. The van der Waals surface area contributed by atoms with Crippen molar-refractivity contribution in [2.24, 2.45) is 5.16 Å². The molecule has 0 aliphatic heterocycles. The average Bonchev–Trinajstić information content (AvgIpc) is 2.68. The predicted octanol–water partition coefficient (Wildman–Crippen LogP) is 6.01. The van der Waals surface area contributed by atoms with Crippen molar-refractivity contribution in [3.8, 4) is 0 Å². The molecule has 0 aromatic rings. The molecule has 0 saturated heterocycles. The highest BCUT2D eigenvalue weighted by atomic mass is 32.3. The minimum absolute atomic E-state index is 0.898. The van der Waals surface area contributed by atoms with E-state index in [9.17, 15) is 8.42 Å². The summed E-state index contributed by atoms with van der Waals surface area (Å²) < 4.78 is 29.3. The molecule has 0 radical (unpaired) electrons. The van der Waals surface area contributed by atoms with Crippen LogP contribution in [0.4, 0.5) is 0 Å². The molecule has 28 heavy (non-hydrogen) atoms. The van der Waals surface area contributed by atoms with Gasteiger partial charge in [0.05, 0.1) is 6.21 Å². The SMILES string of the molecule is CCCCCCCCCCCCCCCC/C=C/C=N\OS(=O)(=O)OOOO. The Kier molecular flexibility index (Phi) is 20.0. The van der Waals surface area contributed by atoms with Crippen molar-refractivity contribution in [1.29, 1.82) is 0 Å². The van der Waals surface area contributed by atoms with Gasteiger partial charge < -0.3 is 0 Å². The summed E-state index contributed by atoms with van der Waals surface area (Å²) in [5.74, 6) is 0. The van der Waals surface area contributed by atoms with E-state index in [1.54, 1.807) is 6.08 Å². The zero-order valence-corrected chi connectivity index (χ0v) is 17.9. The Morgan fingerprint density at radius 2 is 1.32 bits per heavy atom. The van der Waals surface area contributed by atoms with Gasteiger partial charge >= 0.3 is 10.4 Å². The molecule has 0 aliphatic carbocycles. The third kappa shape index (κ3) is 21.3. The predicted molar refractivity (Wildman–Crippen MR) is 108 cm³/mol. The van der Waals surface area contributed by atoms with Crippen LogP contribution in [0.5, 0.6) is 0 Å². The topological polar surface area (TPSA) is 104 Å². The molecule has 1 N–H and O–H groups in total. The molecule has 166 valence electrons. The van der Waals surface area contributed by atoms with Crippen LogP contribution in [0.3, 0.4) is 0 Å². The lowest BCUT2D eigenvalue weighted by molar-refractivity contribution is -0.595. The van der Waals surface area contributed by atoms with Gasteiger partial charge in [-0.3, -0.25) is 0 Å². The molecule has 0 rings (SSSR count). The van der Waals surface area contributed by atoms with E-state index in [0.717, 1.165) is 12.8 Å².